The maximum atomic E-state index is 10.7. The summed E-state index contributed by atoms with van der Waals surface area (Å²) in [5.74, 6) is 1.56. The van der Waals surface area contributed by atoms with Crippen LogP contribution in [0.1, 0.15) is 27.8 Å². The zero-order valence-corrected chi connectivity index (χ0v) is 20.7. The molecule has 0 saturated carbocycles. The van der Waals surface area contributed by atoms with E-state index in [0.717, 1.165) is 28.2 Å². The topological polar surface area (TPSA) is 62.2 Å². The molecule has 0 saturated heterocycles. The summed E-state index contributed by atoms with van der Waals surface area (Å²) in [4.78, 5) is 2.04. The zero-order valence-electron chi connectivity index (χ0n) is 20.7. The summed E-state index contributed by atoms with van der Waals surface area (Å²) in [6, 6.07) is 22.1. The predicted molar refractivity (Wildman–Crippen MR) is 137 cm³/mol. The highest BCUT2D eigenvalue weighted by molar-refractivity contribution is 5.36. The van der Waals surface area contributed by atoms with Crippen molar-refractivity contribution in [2.45, 2.75) is 46.4 Å². The van der Waals surface area contributed by atoms with Gasteiger partial charge in [-0.1, -0.05) is 65.7 Å². The predicted octanol–water partition coefficient (Wildman–Crippen LogP) is 4.60. The molecule has 0 radical (unpaired) electrons. The Labute approximate surface area is 203 Å². The molecule has 0 spiro atoms. The minimum atomic E-state index is -0.697. The van der Waals surface area contributed by atoms with Crippen LogP contribution in [0.25, 0.3) is 0 Å². The van der Waals surface area contributed by atoms with Gasteiger partial charge in [0.25, 0.3) is 0 Å². The summed E-state index contributed by atoms with van der Waals surface area (Å²) < 4.78 is 11.7. The summed E-state index contributed by atoms with van der Waals surface area (Å²) in [7, 11) is 0. The molecular weight excluding hydrogens is 426 g/mol. The van der Waals surface area contributed by atoms with Crippen molar-refractivity contribution in [2.24, 2.45) is 0 Å². The van der Waals surface area contributed by atoms with Crippen molar-refractivity contribution in [2.75, 3.05) is 26.3 Å². The standard InChI is InChI=1S/C29H37NO4/c1-21-10-12-28(23(3)14-21)33-19-26(31)17-30(16-25-8-6-5-7-9-25)18-27(32)20-34-29-13-11-22(2)15-24(29)4/h5-15,26-27,31-32H,16-20H2,1-4H3. The van der Waals surface area contributed by atoms with Crippen molar-refractivity contribution in [3.8, 4) is 11.5 Å². The van der Waals surface area contributed by atoms with Crippen LogP contribution in [0.3, 0.4) is 0 Å². The fraction of sp³-hybridized carbons (Fsp3) is 0.379. The maximum absolute atomic E-state index is 10.7. The number of aliphatic hydroxyl groups excluding tert-OH is 2. The number of benzene rings is 3. The van der Waals surface area contributed by atoms with E-state index in [1.54, 1.807) is 0 Å². The van der Waals surface area contributed by atoms with Gasteiger partial charge in [-0.15, -0.1) is 0 Å². The average molecular weight is 464 g/mol. The number of rotatable bonds is 12. The lowest BCUT2D eigenvalue weighted by atomic mass is 10.1. The highest BCUT2D eigenvalue weighted by atomic mass is 16.5. The van der Waals surface area contributed by atoms with Crippen molar-refractivity contribution in [1.82, 2.24) is 4.90 Å². The minimum absolute atomic E-state index is 0.185. The van der Waals surface area contributed by atoms with Crippen molar-refractivity contribution in [1.29, 1.82) is 0 Å². The Morgan fingerprint density at radius 3 is 1.59 bits per heavy atom. The molecule has 5 nitrogen and oxygen atoms in total. The molecule has 3 aromatic rings. The molecule has 0 aromatic heterocycles. The monoisotopic (exact) mass is 463 g/mol. The van der Waals surface area contributed by atoms with Gasteiger partial charge >= 0.3 is 0 Å². The molecule has 2 unspecified atom stereocenters. The van der Waals surface area contributed by atoms with Crippen LogP contribution in [0.15, 0.2) is 66.7 Å². The average Bonchev–Trinajstić information content (AvgIpc) is 2.78. The summed E-state index contributed by atoms with van der Waals surface area (Å²) in [6.45, 7) is 9.83. The number of ether oxygens (including phenoxy) is 2. The Kier molecular flexibility index (Phi) is 9.52. The highest BCUT2D eigenvalue weighted by Crippen LogP contribution is 2.20. The number of hydrogen-bond donors (Lipinski definition) is 2. The van der Waals surface area contributed by atoms with E-state index >= 15 is 0 Å². The fourth-order valence-electron chi connectivity index (χ4n) is 4.04. The lowest BCUT2D eigenvalue weighted by Gasteiger charge is -2.27. The minimum Gasteiger partial charge on any atom is -0.491 e. The number of aliphatic hydroxyl groups is 2. The van der Waals surface area contributed by atoms with Gasteiger partial charge in [-0.2, -0.15) is 0 Å². The van der Waals surface area contributed by atoms with Crippen LogP contribution in [-0.2, 0) is 6.54 Å². The molecule has 0 aliphatic rings. The van der Waals surface area contributed by atoms with E-state index in [2.05, 4.69) is 12.1 Å². The van der Waals surface area contributed by atoms with E-state index in [-0.39, 0.29) is 13.2 Å². The first kappa shape index (κ1) is 25.8. The van der Waals surface area contributed by atoms with E-state index in [4.69, 9.17) is 9.47 Å². The molecule has 0 aliphatic heterocycles. The molecule has 0 amide bonds. The van der Waals surface area contributed by atoms with Crippen molar-refractivity contribution in [3.05, 3.63) is 94.5 Å². The van der Waals surface area contributed by atoms with Crippen LogP contribution in [0.5, 0.6) is 11.5 Å². The first-order valence-corrected chi connectivity index (χ1v) is 11.8. The zero-order chi connectivity index (χ0) is 24.5. The van der Waals surface area contributed by atoms with E-state index in [0.29, 0.717) is 19.6 Å². The van der Waals surface area contributed by atoms with Crippen LogP contribution >= 0.6 is 0 Å². The highest BCUT2D eigenvalue weighted by Gasteiger charge is 2.18. The Morgan fingerprint density at radius 1 is 0.676 bits per heavy atom. The van der Waals surface area contributed by atoms with Crippen molar-refractivity contribution < 1.29 is 19.7 Å². The quantitative estimate of drug-likeness (QED) is 0.411. The molecule has 34 heavy (non-hydrogen) atoms. The van der Waals surface area contributed by atoms with Gasteiger partial charge in [-0.25, -0.2) is 0 Å². The van der Waals surface area contributed by atoms with Gasteiger partial charge in [0.05, 0.1) is 0 Å². The van der Waals surface area contributed by atoms with Crippen LogP contribution in [0, 0.1) is 27.7 Å². The van der Waals surface area contributed by atoms with Gasteiger partial charge in [0.1, 0.15) is 36.9 Å². The van der Waals surface area contributed by atoms with Gasteiger partial charge in [-0.3, -0.25) is 4.90 Å². The smallest absolute Gasteiger partial charge is 0.122 e. The third kappa shape index (κ3) is 8.17. The normalized spacial score (nSPS) is 13.0. The molecule has 0 fully saturated rings. The number of aryl methyl sites for hydroxylation is 4. The fourth-order valence-corrected chi connectivity index (χ4v) is 4.04. The lowest BCUT2D eigenvalue weighted by Crippen LogP contribution is -2.41. The second-order valence-corrected chi connectivity index (χ2v) is 9.15. The number of hydrogen-bond acceptors (Lipinski definition) is 5. The van der Waals surface area contributed by atoms with Crippen LogP contribution < -0.4 is 9.47 Å². The van der Waals surface area contributed by atoms with Gasteiger partial charge in [0, 0.05) is 19.6 Å². The molecule has 2 atom stereocenters. The van der Waals surface area contributed by atoms with Crippen LogP contribution in [0.4, 0.5) is 0 Å². The summed E-state index contributed by atoms with van der Waals surface area (Å²) in [5, 5.41) is 21.4. The molecule has 2 N–H and O–H groups in total. The van der Waals surface area contributed by atoms with Gasteiger partial charge < -0.3 is 19.7 Å². The molecule has 5 heteroatoms. The van der Waals surface area contributed by atoms with E-state index in [1.165, 1.54) is 11.1 Å². The SMILES string of the molecule is Cc1ccc(OCC(O)CN(Cc2ccccc2)CC(O)COc2ccc(C)cc2C)c(C)c1. The summed E-state index contributed by atoms with van der Waals surface area (Å²) >= 11 is 0. The lowest BCUT2D eigenvalue weighted by molar-refractivity contribution is 0.0281. The van der Waals surface area contributed by atoms with Crippen molar-refractivity contribution >= 4 is 0 Å². The Morgan fingerprint density at radius 2 is 1.15 bits per heavy atom. The molecule has 0 aliphatic carbocycles. The Bertz CT molecular complexity index is 974. The molecule has 0 bridgehead atoms. The van der Waals surface area contributed by atoms with E-state index in [1.807, 2.05) is 87.2 Å². The van der Waals surface area contributed by atoms with E-state index < -0.39 is 12.2 Å². The van der Waals surface area contributed by atoms with Crippen LogP contribution in [0.2, 0.25) is 0 Å². The van der Waals surface area contributed by atoms with Gasteiger partial charge in [0.15, 0.2) is 0 Å². The molecule has 3 aromatic carbocycles. The Balaban J connectivity index is 1.58. The Hall–Kier alpha value is -2.86. The van der Waals surface area contributed by atoms with Gasteiger partial charge in [0.2, 0.25) is 0 Å². The maximum Gasteiger partial charge on any atom is 0.122 e. The molecule has 182 valence electrons. The second kappa shape index (κ2) is 12.6. The first-order chi connectivity index (χ1) is 16.3. The largest absolute Gasteiger partial charge is 0.491 e. The summed E-state index contributed by atoms with van der Waals surface area (Å²) in [6.07, 6.45) is -1.39. The molecule has 3 rings (SSSR count). The van der Waals surface area contributed by atoms with Crippen LogP contribution in [-0.4, -0.2) is 53.6 Å². The third-order valence-corrected chi connectivity index (χ3v) is 5.71. The molecular formula is C29H37NO4. The van der Waals surface area contributed by atoms with Gasteiger partial charge in [-0.05, 0) is 56.5 Å². The van der Waals surface area contributed by atoms with E-state index in [9.17, 15) is 10.2 Å². The second-order valence-electron chi connectivity index (χ2n) is 9.15. The molecule has 0 heterocycles. The number of nitrogens with zero attached hydrogens (tertiary/aromatic N) is 1. The summed E-state index contributed by atoms with van der Waals surface area (Å²) in [5.41, 5.74) is 5.57. The van der Waals surface area contributed by atoms with Crippen molar-refractivity contribution in [3.63, 3.8) is 0 Å². The third-order valence-electron chi connectivity index (χ3n) is 5.71. The first-order valence-electron chi connectivity index (χ1n) is 11.8.